The Labute approximate surface area is 189 Å². The molecule has 2 heterocycles. The van der Waals surface area contributed by atoms with Crippen molar-refractivity contribution in [2.75, 3.05) is 25.0 Å². The van der Waals surface area contributed by atoms with Gasteiger partial charge in [-0.1, -0.05) is 57.0 Å². The number of rotatable bonds is 12. The number of anilines is 1. The highest BCUT2D eigenvalue weighted by molar-refractivity contribution is 7.19. The van der Waals surface area contributed by atoms with Crippen molar-refractivity contribution in [3.63, 3.8) is 0 Å². The van der Waals surface area contributed by atoms with Crippen molar-refractivity contribution in [1.29, 1.82) is 0 Å². The van der Waals surface area contributed by atoms with Gasteiger partial charge in [0.05, 0.1) is 5.39 Å². The number of hydrogen-bond donors (Lipinski definition) is 1. The first-order valence-corrected chi connectivity index (χ1v) is 12.3. The number of nitrogens with zero attached hydrogens (tertiary/aromatic N) is 3. The molecule has 0 aliphatic heterocycles. The Bertz CT molecular complexity index is 962. The molecule has 2 aromatic heterocycles. The lowest BCUT2D eigenvalue weighted by atomic mass is 10.0. The molecular weight excluding hydrogens is 404 g/mol. The van der Waals surface area contributed by atoms with E-state index < -0.39 is 0 Å². The van der Waals surface area contributed by atoms with Gasteiger partial charge in [-0.2, -0.15) is 0 Å². The number of fused-ring (bicyclic) bond motifs is 1. The van der Waals surface area contributed by atoms with Gasteiger partial charge in [-0.25, -0.2) is 9.97 Å². The number of hydrogen-bond acceptors (Lipinski definition) is 5. The molecule has 0 saturated carbocycles. The summed E-state index contributed by atoms with van der Waals surface area (Å²) in [4.78, 5) is 26.0. The summed E-state index contributed by atoms with van der Waals surface area (Å²) in [6.07, 6.45) is 7.37. The van der Waals surface area contributed by atoms with E-state index in [1.54, 1.807) is 17.7 Å². The molecule has 5 nitrogen and oxygen atoms in total. The first-order chi connectivity index (χ1) is 15.2. The number of benzene rings is 1. The second kappa shape index (κ2) is 11.8. The zero-order valence-electron chi connectivity index (χ0n) is 19.0. The van der Waals surface area contributed by atoms with Crippen LogP contribution in [-0.2, 0) is 4.79 Å². The highest BCUT2D eigenvalue weighted by Gasteiger charge is 2.17. The van der Waals surface area contributed by atoms with E-state index in [0.717, 1.165) is 67.8 Å². The fourth-order valence-electron chi connectivity index (χ4n) is 3.79. The Balaban J connectivity index is 1.66. The van der Waals surface area contributed by atoms with Gasteiger partial charge in [-0.3, -0.25) is 4.79 Å². The molecule has 3 rings (SSSR count). The number of nitrogens with one attached hydrogen (secondary N) is 1. The Morgan fingerprint density at radius 1 is 1.03 bits per heavy atom. The maximum absolute atomic E-state index is 12.7. The van der Waals surface area contributed by atoms with E-state index in [-0.39, 0.29) is 5.91 Å². The molecule has 166 valence electrons. The normalized spacial score (nSPS) is 11.1. The third-order valence-electron chi connectivity index (χ3n) is 5.50. The summed E-state index contributed by atoms with van der Waals surface area (Å²) in [6.45, 7) is 8.96. The second-order valence-corrected chi connectivity index (χ2v) is 9.12. The fraction of sp³-hybridized carbons (Fsp3) is 0.480. The number of aryl methyl sites for hydroxylation is 1. The molecular formula is C25H34N4OS. The van der Waals surface area contributed by atoms with Gasteiger partial charge in [0.25, 0.3) is 0 Å². The quantitative estimate of drug-likeness (QED) is 0.338. The number of amides is 1. The van der Waals surface area contributed by atoms with Crippen LogP contribution in [0.4, 0.5) is 5.82 Å². The van der Waals surface area contributed by atoms with Gasteiger partial charge in [0.2, 0.25) is 5.91 Å². The van der Waals surface area contributed by atoms with Crippen LogP contribution in [-0.4, -0.2) is 40.4 Å². The van der Waals surface area contributed by atoms with Crippen molar-refractivity contribution in [3.8, 4) is 11.1 Å². The van der Waals surface area contributed by atoms with Gasteiger partial charge in [0, 0.05) is 36.5 Å². The van der Waals surface area contributed by atoms with Gasteiger partial charge in [-0.05, 0) is 31.7 Å². The average molecular weight is 439 g/mol. The lowest BCUT2D eigenvalue weighted by molar-refractivity contribution is -0.131. The molecule has 3 aromatic rings. The lowest BCUT2D eigenvalue weighted by Gasteiger charge is -2.22. The summed E-state index contributed by atoms with van der Waals surface area (Å²) >= 11 is 1.70. The van der Waals surface area contributed by atoms with Crippen LogP contribution >= 0.6 is 11.3 Å². The number of carbonyl (C=O) groups is 1. The van der Waals surface area contributed by atoms with Crippen molar-refractivity contribution in [2.45, 2.75) is 59.3 Å². The number of thiophene rings is 1. The van der Waals surface area contributed by atoms with Crippen LogP contribution < -0.4 is 5.32 Å². The summed E-state index contributed by atoms with van der Waals surface area (Å²) in [7, 11) is 0. The van der Waals surface area contributed by atoms with Gasteiger partial charge < -0.3 is 10.2 Å². The molecule has 1 N–H and O–H groups in total. The summed E-state index contributed by atoms with van der Waals surface area (Å²) in [5.74, 6) is 1.13. The molecule has 1 aromatic carbocycles. The molecule has 0 aliphatic rings. The van der Waals surface area contributed by atoms with Gasteiger partial charge in [-0.15, -0.1) is 11.3 Å². The van der Waals surface area contributed by atoms with Gasteiger partial charge in [0.1, 0.15) is 17.0 Å². The summed E-state index contributed by atoms with van der Waals surface area (Å²) in [5.41, 5.74) is 2.38. The standard InChI is InChI=1S/C25H34N4OS/c1-4-6-16-29(17-7-5-2)21(30)14-11-15-26-24-23-22(20-12-9-8-10-13-20)19(3)31-25(23)28-18-27-24/h8-10,12-13,18H,4-7,11,14-17H2,1-3H3,(H,26,27,28). The molecule has 0 aliphatic carbocycles. The van der Waals surface area contributed by atoms with Crippen molar-refractivity contribution in [1.82, 2.24) is 14.9 Å². The largest absolute Gasteiger partial charge is 0.369 e. The second-order valence-electron chi connectivity index (χ2n) is 7.92. The summed E-state index contributed by atoms with van der Waals surface area (Å²) < 4.78 is 0. The molecule has 31 heavy (non-hydrogen) atoms. The van der Waals surface area contributed by atoms with E-state index in [2.05, 4.69) is 60.3 Å². The number of unbranched alkanes of at least 4 members (excludes halogenated alkanes) is 2. The number of carbonyl (C=O) groups excluding carboxylic acids is 1. The maximum Gasteiger partial charge on any atom is 0.222 e. The zero-order valence-corrected chi connectivity index (χ0v) is 19.8. The summed E-state index contributed by atoms with van der Waals surface area (Å²) in [5, 5.41) is 4.56. The predicted molar refractivity (Wildman–Crippen MR) is 132 cm³/mol. The molecule has 6 heteroatoms. The first kappa shape index (κ1) is 23.2. The van der Waals surface area contributed by atoms with E-state index >= 15 is 0 Å². The molecule has 0 unspecified atom stereocenters. The van der Waals surface area contributed by atoms with Gasteiger partial charge >= 0.3 is 0 Å². The highest BCUT2D eigenvalue weighted by atomic mass is 32.1. The van der Waals surface area contributed by atoms with Crippen LogP contribution in [0.25, 0.3) is 21.3 Å². The lowest BCUT2D eigenvalue weighted by Crippen LogP contribution is -2.33. The molecule has 0 radical (unpaired) electrons. The van der Waals surface area contributed by atoms with Crippen LogP contribution in [0.2, 0.25) is 0 Å². The van der Waals surface area contributed by atoms with Crippen LogP contribution in [0, 0.1) is 6.92 Å². The SMILES string of the molecule is CCCCN(CCCC)C(=O)CCCNc1ncnc2sc(C)c(-c3ccccc3)c12. The average Bonchev–Trinajstić information content (AvgIpc) is 3.13. The van der Waals surface area contributed by atoms with E-state index in [9.17, 15) is 4.79 Å². The van der Waals surface area contributed by atoms with Crippen LogP contribution in [0.1, 0.15) is 57.2 Å². The van der Waals surface area contributed by atoms with Crippen molar-refractivity contribution < 1.29 is 4.79 Å². The van der Waals surface area contributed by atoms with Crippen molar-refractivity contribution in [3.05, 3.63) is 41.5 Å². The van der Waals surface area contributed by atoms with Gasteiger partial charge in [0.15, 0.2) is 0 Å². The predicted octanol–water partition coefficient (Wildman–Crippen LogP) is 6.29. The minimum absolute atomic E-state index is 0.271. The minimum Gasteiger partial charge on any atom is -0.369 e. The minimum atomic E-state index is 0.271. The third kappa shape index (κ3) is 6.03. The Morgan fingerprint density at radius 3 is 2.42 bits per heavy atom. The van der Waals surface area contributed by atoms with E-state index in [4.69, 9.17) is 0 Å². The van der Waals surface area contributed by atoms with E-state index in [1.165, 1.54) is 16.0 Å². The third-order valence-corrected chi connectivity index (χ3v) is 6.52. The van der Waals surface area contributed by atoms with Crippen LogP contribution in [0.15, 0.2) is 36.7 Å². The number of aromatic nitrogens is 2. The summed E-state index contributed by atoms with van der Waals surface area (Å²) in [6, 6.07) is 10.4. The highest BCUT2D eigenvalue weighted by Crippen LogP contribution is 2.40. The van der Waals surface area contributed by atoms with Crippen LogP contribution in [0.3, 0.4) is 0 Å². The topological polar surface area (TPSA) is 58.1 Å². The van der Waals surface area contributed by atoms with Crippen molar-refractivity contribution >= 4 is 33.3 Å². The Morgan fingerprint density at radius 2 is 1.74 bits per heavy atom. The van der Waals surface area contributed by atoms with Crippen molar-refractivity contribution in [2.24, 2.45) is 0 Å². The molecule has 0 bridgehead atoms. The molecule has 0 spiro atoms. The molecule has 0 saturated heterocycles. The molecule has 1 amide bonds. The first-order valence-electron chi connectivity index (χ1n) is 11.5. The maximum atomic E-state index is 12.7. The Kier molecular flexibility index (Phi) is 8.83. The molecule has 0 fully saturated rings. The van der Waals surface area contributed by atoms with E-state index in [0.29, 0.717) is 6.42 Å². The monoisotopic (exact) mass is 438 g/mol. The van der Waals surface area contributed by atoms with Crippen LogP contribution in [0.5, 0.6) is 0 Å². The fourth-order valence-corrected chi connectivity index (χ4v) is 4.81. The zero-order chi connectivity index (χ0) is 22.1. The molecule has 0 atom stereocenters. The smallest absolute Gasteiger partial charge is 0.222 e. The Hall–Kier alpha value is -2.47. The van der Waals surface area contributed by atoms with E-state index in [1.807, 2.05) is 11.0 Å².